The molecule has 0 radical (unpaired) electrons. The maximum Gasteiger partial charge on any atom is 2.00 e. The summed E-state index contributed by atoms with van der Waals surface area (Å²) < 4.78 is 0. The molecule has 1 atom stereocenters. The molecule has 0 amide bonds. The van der Waals surface area contributed by atoms with Crippen LogP contribution in [-0.2, 0) is 0 Å². The quantitative estimate of drug-likeness (QED) is 0.346. The number of hydrogen-bond acceptors (Lipinski definition) is 0. The first kappa shape index (κ1) is 7.52. The van der Waals surface area contributed by atoms with Gasteiger partial charge in [-0.3, -0.25) is 6.08 Å². The predicted molar refractivity (Wildman–Crippen MR) is 36.2 cm³/mol. The summed E-state index contributed by atoms with van der Waals surface area (Å²) in [5, 5.41) is 0. The van der Waals surface area contributed by atoms with Crippen molar-refractivity contribution in [3.8, 4) is 0 Å². The molecule has 0 bridgehead atoms. The van der Waals surface area contributed by atoms with Gasteiger partial charge in [0.2, 0.25) is 0 Å². The SMILES string of the molecule is [Be+2].[CH-]=C[C@H]1C=C[CH-]C1. The molecule has 1 aliphatic rings. The van der Waals surface area contributed by atoms with Crippen LogP contribution >= 0.6 is 0 Å². The Bertz CT molecular complexity index is 94.6. The molecule has 0 saturated carbocycles. The van der Waals surface area contributed by atoms with Gasteiger partial charge in [-0.2, -0.15) is 0 Å². The molecule has 0 heterocycles. The molecule has 38 valence electrons. The molecule has 1 heteroatoms. The van der Waals surface area contributed by atoms with Gasteiger partial charge in [0.05, 0.1) is 0 Å². The van der Waals surface area contributed by atoms with E-state index in [1.807, 2.05) is 6.08 Å². The summed E-state index contributed by atoms with van der Waals surface area (Å²) in [6.07, 6.45) is 9.08. The van der Waals surface area contributed by atoms with Crippen molar-refractivity contribution in [2.75, 3.05) is 0 Å². The van der Waals surface area contributed by atoms with Crippen molar-refractivity contribution < 1.29 is 0 Å². The smallest absolute Gasteiger partial charge is 0.519 e. The first-order chi connectivity index (χ1) is 3.43. The molecule has 0 aromatic heterocycles. The molecule has 0 N–H and O–H groups in total. The molecular formula is C7H8Be. The minimum Gasteiger partial charge on any atom is -0.519 e. The van der Waals surface area contributed by atoms with E-state index in [9.17, 15) is 0 Å². The van der Waals surface area contributed by atoms with Crippen molar-refractivity contribution in [2.45, 2.75) is 6.42 Å². The zero-order chi connectivity index (χ0) is 5.11. The summed E-state index contributed by atoms with van der Waals surface area (Å²) in [7, 11) is 0. The van der Waals surface area contributed by atoms with Gasteiger partial charge in [-0.15, -0.1) is 12.3 Å². The summed E-state index contributed by atoms with van der Waals surface area (Å²) in [6, 6.07) is 0. The van der Waals surface area contributed by atoms with Crippen LogP contribution in [-0.4, -0.2) is 10.1 Å². The summed E-state index contributed by atoms with van der Waals surface area (Å²) in [5.41, 5.74) is 0. The fourth-order valence-corrected chi connectivity index (χ4v) is 0.678. The van der Waals surface area contributed by atoms with Crippen molar-refractivity contribution in [1.82, 2.24) is 0 Å². The van der Waals surface area contributed by atoms with Gasteiger partial charge in [0.15, 0.2) is 0 Å². The van der Waals surface area contributed by atoms with Crippen molar-refractivity contribution in [2.24, 2.45) is 5.92 Å². The molecule has 0 fully saturated rings. The van der Waals surface area contributed by atoms with Gasteiger partial charge in [0, 0.05) is 0 Å². The summed E-state index contributed by atoms with van der Waals surface area (Å²) in [5.74, 6) is 0.514. The van der Waals surface area contributed by atoms with Crippen LogP contribution in [0.3, 0.4) is 0 Å². The Labute approximate surface area is 54.5 Å². The Morgan fingerprint density at radius 2 is 2.50 bits per heavy atom. The van der Waals surface area contributed by atoms with Crippen LogP contribution in [0, 0.1) is 18.9 Å². The number of hydrogen-bond donors (Lipinski definition) is 0. The van der Waals surface area contributed by atoms with E-state index in [4.69, 9.17) is 6.58 Å². The first-order valence-corrected chi connectivity index (χ1v) is 2.48. The normalized spacial score (nSPS) is 23.8. The molecular weight excluding hydrogens is 93.1 g/mol. The molecule has 8 heavy (non-hydrogen) atoms. The summed E-state index contributed by atoms with van der Waals surface area (Å²) in [6.45, 7) is 5.24. The van der Waals surface area contributed by atoms with Gasteiger partial charge in [0.25, 0.3) is 0 Å². The summed E-state index contributed by atoms with van der Waals surface area (Å²) >= 11 is 0. The van der Waals surface area contributed by atoms with Crippen molar-refractivity contribution >= 4 is 10.1 Å². The average Bonchev–Trinajstić information content (AvgIpc) is 2.14. The minimum atomic E-state index is 0. The molecule has 0 nitrogen and oxygen atoms in total. The Kier molecular flexibility index (Phi) is 3.30. The monoisotopic (exact) mass is 101 g/mol. The van der Waals surface area contributed by atoms with Crippen LogP contribution in [0.2, 0.25) is 0 Å². The molecule has 0 aromatic carbocycles. The van der Waals surface area contributed by atoms with E-state index in [2.05, 4.69) is 12.5 Å². The fraction of sp³-hybridized carbons (Fsp3) is 0.286. The molecule has 0 spiro atoms. The zero-order valence-electron chi connectivity index (χ0n) is 4.88. The van der Waals surface area contributed by atoms with Crippen molar-refractivity contribution in [3.05, 3.63) is 31.2 Å². The Hall–Kier alpha value is -0.481. The fourth-order valence-electron chi connectivity index (χ4n) is 0.678. The van der Waals surface area contributed by atoms with Crippen LogP contribution in [0.25, 0.3) is 0 Å². The van der Waals surface area contributed by atoms with Gasteiger partial charge in [-0.05, 0) is 0 Å². The van der Waals surface area contributed by atoms with Gasteiger partial charge in [0.1, 0.15) is 0 Å². The molecule has 0 aromatic rings. The minimum absolute atomic E-state index is 0. The molecule has 0 unspecified atom stereocenters. The van der Waals surface area contributed by atoms with E-state index in [1.54, 1.807) is 6.08 Å². The Morgan fingerprint density at radius 3 is 2.75 bits per heavy atom. The van der Waals surface area contributed by atoms with Crippen LogP contribution in [0.1, 0.15) is 6.42 Å². The largest absolute Gasteiger partial charge is 2.00 e. The van der Waals surface area contributed by atoms with E-state index in [-0.39, 0.29) is 10.1 Å². The third-order valence-electron chi connectivity index (χ3n) is 1.15. The third-order valence-corrected chi connectivity index (χ3v) is 1.15. The van der Waals surface area contributed by atoms with Gasteiger partial charge < -0.3 is 6.58 Å². The molecule has 1 aliphatic carbocycles. The van der Waals surface area contributed by atoms with E-state index in [0.29, 0.717) is 5.92 Å². The van der Waals surface area contributed by atoms with E-state index in [0.717, 1.165) is 6.42 Å². The maximum absolute atomic E-state index is 5.24. The van der Waals surface area contributed by atoms with E-state index < -0.39 is 0 Å². The second-order valence-electron chi connectivity index (χ2n) is 1.71. The Morgan fingerprint density at radius 1 is 1.75 bits per heavy atom. The second-order valence-corrected chi connectivity index (χ2v) is 1.71. The number of rotatable bonds is 1. The third kappa shape index (κ3) is 1.55. The van der Waals surface area contributed by atoms with E-state index >= 15 is 0 Å². The summed E-state index contributed by atoms with van der Waals surface area (Å²) in [4.78, 5) is 0. The van der Waals surface area contributed by atoms with E-state index in [1.165, 1.54) is 0 Å². The standard InChI is InChI=1S/C7H8.Be/c1-2-7-5-3-4-6-7;/h1-5,7H,6H2;/q-2;+2/t7-;/m0./s1. The molecule has 0 saturated heterocycles. The second kappa shape index (κ2) is 3.51. The van der Waals surface area contributed by atoms with Crippen LogP contribution < -0.4 is 0 Å². The number of allylic oxidation sites excluding steroid dienone is 3. The topological polar surface area (TPSA) is 0 Å². The maximum atomic E-state index is 5.24. The molecule has 0 aliphatic heterocycles. The van der Waals surface area contributed by atoms with Crippen LogP contribution in [0.4, 0.5) is 0 Å². The first-order valence-electron chi connectivity index (χ1n) is 2.48. The van der Waals surface area contributed by atoms with Crippen LogP contribution in [0.15, 0.2) is 18.2 Å². The Balaban J connectivity index is 0.000000490. The molecule has 1 rings (SSSR count). The van der Waals surface area contributed by atoms with Gasteiger partial charge in [-0.1, -0.05) is 0 Å². The van der Waals surface area contributed by atoms with Gasteiger partial charge in [-0.25, -0.2) is 18.6 Å². The van der Waals surface area contributed by atoms with Crippen LogP contribution in [0.5, 0.6) is 0 Å². The average molecular weight is 101 g/mol. The predicted octanol–water partition coefficient (Wildman–Crippen LogP) is 1.38. The van der Waals surface area contributed by atoms with Crippen molar-refractivity contribution in [3.63, 3.8) is 0 Å². The van der Waals surface area contributed by atoms with Crippen molar-refractivity contribution in [1.29, 1.82) is 0 Å². The zero-order valence-corrected chi connectivity index (χ0v) is 4.88. The van der Waals surface area contributed by atoms with Gasteiger partial charge >= 0.3 is 10.1 Å².